The minimum absolute atomic E-state index is 0.0374. The summed E-state index contributed by atoms with van der Waals surface area (Å²) in [5.41, 5.74) is 0.987. The van der Waals surface area contributed by atoms with Gasteiger partial charge in [-0.3, -0.25) is 0 Å². The average molecular weight is 219 g/mol. The van der Waals surface area contributed by atoms with Crippen molar-refractivity contribution in [1.29, 1.82) is 0 Å². The zero-order chi connectivity index (χ0) is 9.90. The van der Waals surface area contributed by atoms with E-state index >= 15 is 0 Å². The minimum Gasteiger partial charge on any atom is -0.381 e. The van der Waals surface area contributed by atoms with Gasteiger partial charge in [0.1, 0.15) is 9.84 Å². The molecule has 3 nitrogen and oxygen atoms in total. The van der Waals surface area contributed by atoms with E-state index in [1.807, 2.05) is 23.8 Å². The number of hydrogen-bond donors (Lipinski definition) is 1. The molecule has 0 bridgehead atoms. The summed E-state index contributed by atoms with van der Waals surface area (Å²) in [6.45, 7) is 1.86. The predicted octanol–water partition coefficient (Wildman–Crippen LogP) is 1.59. The maximum atomic E-state index is 10.9. The van der Waals surface area contributed by atoms with Crippen LogP contribution in [0.4, 0.5) is 5.69 Å². The Kier molecular flexibility index (Phi) is 3.33. The zero-order valence-electron chi connectivity index (χ0n) is 7.65. The molecule has 1 heterocycles. The molecule has 1 unspecified atom stereocenters. The lowest BCUT2D eigenvalue weighted by Gasteiger charge is -2.11. The molecule has 1 aromatic rings. The van der Waals surface area contributed by atoms with Gasteiger partial charge >= 0.3 is 0 Å². The van der Waals surface area contributed by atoms with Crippen LogP contribution in [-0.2, 0) is 9.84 Å². The molecule has 0 fully saturated rings. The molecule has 74 valence electrons. The Morgan fingerprint density at radius 2 is 2.31 bits per heavy atom. The molecule has 13 heavy (non-hydrogen) atoms. The summed E-state index contributed by atoms with van der Waals surface area (Å²) in [7, 11) is -2.89. The summed E-state index contributed by atoms with van der Waals surface area (Å²) in [6.07, 6.45) is 1.25. The highest BCUT2D eigenvalue weighted by atomic mass is 32.2. The number of rotatable bonds is 4. The third-order valence-corrected chi connectivity index (χ3v) is 3.28. The van der Waals surface area contributed by atoms with E-state index in [1.54, 1.807) is 11.3 Å². The fourth-order valence-electron chi connectivity index (χ4n) is 1.13. The molecule has 0 saturated carbocycles. The molecule has 0 aliphatic heterocycles. The van der Waals surface area contributed by atoms with Gasteiger partial charge < -0.3 is 5.32 Å². The summed E-state index contributed by atoms with van der Waals surface area (Å²) in [6, 6.07) is 1.90. The van der Waals surface area contributed by atoms with E-state index in [9.17, 15) is 8.42 Å². The van der Waals surface area contributed by atoms with Crippen LogP contribution in [0.2, 0.25) is 0 Å². The molecule has 1 rings (SSSR count). The van der Waals surface area contributed by atoms with Crippen molar-refractivity contribution in [3.05, 3.63) is 16.8 Å². The monoisotopic (exact) mass is 219 g/mol. The number of hydrogen-bond acceptors (Lipinski definition) is 4. The van der Waals surface area contributed by atoms with Crippen molar-refractivity contribution in [1.82, 2.24) is 0 Å². The zero-order valence-corrected chi connectivity index (χ0v) is 9.28. The van der Waals surface area contributed by atoms with Gasteiger partial charge in [0.05, 0.1) is 5.75 Å². The first-order valence-electron chi connectivity index (χ1n) is 3.94. The van der Waals surface area contributed by atoms with Crippen molar-refractivity contribution >= 4 is 26.9 Å². The van der Waals surface area contributed by atoms with Crippen molar-refractivity contribution in [2.24, 2.45) is 0 Å². The van der Waals surface area contributed by atoms with Gasteiger partial charge in [-0.1, -0.05) is 0 Å². The smallest absolute Gasteiger partial charge is 0.149 e. The second kappa shape index (κ2) is 4.11. The summed E-state index contributed by atoms with van der Waals surface area (Å²) < 4.78 is 21.9. The van der Waals surface area contributed by atoms with E-state index in [0.29, 0.717) is 0 Å². The van der Waals surface area contributed by atoms with Gasteiger partial charge in [0.25, 0.3) is 0 Å². The second-order valence-electron chi connectivity index (χ2n) is 3.15. The van der Waals surface area contributed by atoms with Crippen LogP contribution in [0, 0.1) is 0 Å². The Morgan fingerprint density at radius 3 is 2.77 bits per heavy atom. The van der Waals surface area contributed by atoms with Crippen LogP contribution < -0.4 is 5.32 Å². The Labute approximate surface area is 82.7 Å². The quantitative estimate of drug-likeness (QED) is 0.836. The number of sulfone groups is 1. The van der Waals surface area contributed by atoms with E-state index in [-0.39, 0.29) is 11.8 Å². The molecule has 0 aliphatic rings. The fourth-order valence-corrected chi connectivity index (χ4v) is 2.72. The molecule has 0 aliphatic carbocycles. The van der Waals surface area contributed by atoms with Gasteiger partial charge in [-0.25, -0.2) is 8.42 Å². The van der Waals surface area contributed by atoms with E-state index in [2.05, 4.69) is 5.32 Å². The van der Waals surface area contributed by atoms with Crippen LogP contribution in [-0.4, -0.2) is 26.5 Å². The first kappa shape index (κ1) is 10.5. The lowest BCUT2D eigenvalue weighted by molar-refractivity contribution is 0.598. The molecular formula is C8H13NO2S2. The van der Waals surface area contributed by atoms with Crippen LogP contribution in [0.1, 0.15) is 6.92 Å². The highest BCUT2D eigenvalue weighted by molar-refractivity contribution is 7.90. The van der Waals surface area contributed by atoms with Gasteiger partial charge in [-0.2, -0.15) is 11.3 Å². The van der Waals surface area contributed by atoms with Gasteiger partial charge in [0.2, 0.25) is 0 Å². The number of anilines is 1. The maximum absolute atomic E-state index is 10.9. The number of nitrogens with one attached hydrogen (secondary N) is 1. The third kappa shape index (κ3) is 4.28. The Balaban J connectivity index is 2.47. The summed E-state index contributed by atoms with van der Waals surface area (Å²) >= 11 is 1.59. The van der Waals surface area contributed by atoms with E-state index < -0.39 is 9.84 Å². The SMILES string of the molecule is CC(CS(C)(=O)=O)Nc1ccsc1. The maximum Gasteiger partial charge on any atom is 0.149 e. The van der Waals surface area contributed by atoms with Crippen LogP contribution in [0.15, 0.2) is 16.8 Å². The molecule has 1 N–H and O–H groups in total. The molecule has 0 aromatic carbocycles. The molecule has 0 saturated heterocycles. The molecular weight excluding hydrogens is 206 g/mol. The van der Waals surface area contributed by atoms with Gasteiger partial charge in [0.15, 0.2) is 0 Å². The van der Waals surface area contributed by atoms with Gasteiger partial charge in [-0.15, -0.1) is 0 Å². The molecule has 5 heteroatoms. The Bertz CT molecular complexity index is 342. The Morgan fingerprint density at radius 1 is 1.62 bits per heavy atom. The van der Waals surface area contributed by atoms with Crippen molar-refractivity contribution in [3.8, 4) is 0 Å². The van der Waals surface area contributed by atoms with Gasteiger partial charge in [0, 0.05) is 23.4 Å². The minimum atomic E-state index is -2.89. The molecule has 0 amide bonds. The van der Waals surface area contributed by atoms with E-state index in [4.69, 9.17) is 0 Å². The largest absolute Gasteiger partial charge is 0.381 e. The van der Waals surface area contributed by atoms with E-state index in [1.165, 1.54) is 6.26 Å². The van der Waals surface area contributed by atoms with Crippen molar-refractivity contribution < 1.29 is 8.42 Å². The molecule has 1 aromatic heterocycles. The average Bonchev–Trinajstić information content (AvgIpc) is 2.34. The van der Waals surface area contributed by atoms with Crippen LogP contribution in [0.3, 0.4) is 0 Å². The van der Waals surface area contributed by atoms with Crippen LogP contribution in [0.5, 0.6) is 0 Å². The first-order valence-corrected chi connectivity index (χ1v) is 6.94. The van der Waals surface area contributed by atoms with Crippen LogP contribution >= 0.6 is 11.3 Å². The lowest BCUT2D eigenvalue weighted by atomic mass is 10.4. The first-order chi connectivity index (χ1) is 5.97. The number of thiophene rings is 1. The molecule has 1 atom stereocenters. The highest BCUT2D eigenvalue weighted by Gasteiger charge is 2.09. The fraction of sp³-hybridized carbons (Fsp3) is 0.500. The molecule has 0 spiro atoms. The van der Waals surface area contributed by atoms with Crippen molar-refractivity contribution in [2.45, 2.75) is 13.0 Å². The van der Waals surface area contributed by atoms with Crippen LogP contribution in [0.25, 0.3) is 0 Å². The highest BCUT2D eigenvalue weighted by Crippen LogP contribution is 2.13. The van der Waals surface area contributed by atoms with Crippen molar-refractivity contribution in [3.63, 3.8) is 0 Å². The lowest BCUT2D eigenvalue weighted by Crippen LogP contribution is -2.24. The predicted molar refractivity (Wildman–Crippen MR) is 57.1 cm³/mol. The Hall–Kier alpha value is -0.550. The van der Waals surface area contributed by atoms with Crippen molar-refractivity contribution in [2.75, 3.05) is 17.3 Å². The van der Waals surface area contributed by atoms with Gasteiger partial charge in [-0.05, 0) is 18.4 Å². The normalized spacial score (nSPS) is 14.0. The van der Waals surface area contributed by atoms with E-state index in [0.717, 1.165) is 5.69 Å². The summed E-state index contributed by atoms with van der Waals surface area (Å²) in [5, 5.41) is 7.02. The summed E-state index contributed by atoms with van der Waals surface area (Å²) in [5.74, 6) is 0.169. The second-order valence-corrected chi connectivity index (χ2v) is 6.11. The molecule has 0 radical (unpaired) electrons. The third-order valence-electron chi connectivity index (χ3n) is 1.49. The standard InChI is InChI=1S/C8H13NO2S2/c1-7(6-13(2,10)11)9-8-3-4-12-5-8/h3-5,7,9H,6H2,1-2H3. The summed E-state index contributed by atoms with van der Waals surface area (Å²) in [4.78, 5) is 0. The topological polar surface area (TPSA) is 46.2 Å².